The van der Waals surface area contributed by atoms with Crippen molar-refractivity contribution in [2.75, 3.05) is 13.1 Å². The lowest BCUT2D eigenvalue weighted by molar-refractivity contribution is -0.134. The number of hydrogen-bond donors (Lipinski definition) is 3. The van der Waals surface area contributed by atoms with E-state index in [1.54, 1.807) is 0 Å². The van der Waals surface area contributed by atoms with E-state index in [4.69, 9.17) is 0 Å². The topological polar surface area (TPSA) is 78.4 Å². The van der Waals surface area contributed by atoms with Crippen LogP contribution in [0.4, 0.5) is 0 Å². The number of aliphatic hydroxyl groups is 1. The van der Waals surface area contributed by atoms with Crippen molar-refractivity contribution in [3.05, 3.63) is 0 Å². The van der Waals surface area contributed by atoms with Crippen LogP contribution in [0, 0.1) is 0 Å². The fourth-order valence-corrected chi connectivity index (χ4v) is 0.971. The minimum atomic E-state index is -1.24. The number of amides is 2. The van der Waals surface area contributed by atoms with Crippen LogP contribution in [0.1, 0.15) is 33.1 Å². The third kappa shape index (κ3) is 6.90. The molecule has 0 aromatic rings. The number of aliphatic hydroxyl groups excluding tert-OH is 1. The van der Waals surface area contributed by atoms with Crippen LogP contribution in [-0.4, -0.2) is 36.1 Å². The predicted octanol–water partition coefficient (Wildman–Crippen LogP) is -0.210. The fraction of sp³-hybridized carbons (Fsp3) is 0.800. The first-order valence-corrected chi connectivity index (χ1v) is 5.34. The molecule has 0 aromatic carbocycles. The average Bonchev–Trinajstić information content (AvgIpc) is 2.22. The normalized spacial score (nSPS) is 11.9. The molecule has 0 radical (unpaired) electrons. The maximum atomic E-state index is 11.2. The Morgan fingerprint density at radius 1 is 1.13 bits per heavy atom. The Morgan fingerprint density at radius 2 is 1.67 bits per heavy atom. The zero-order valence-corrected chi connectivity index (χ0v) is 9.38. The second kappa shape index (κ2) is 8.23. The SMILES string of the molecule is CCCNC(=O)C[C@H](O)C(=O)NCCC. The van der Waals surface area contributed by atoms with Crippen molar-refractivity contribution < 1.29 is 14.7 Å². The molecule has 0 aliphatic carbocycles. The van der Waals surface area contributed by atoms with Gasteiger partial charge in [-0.3, -0.25) is 9.59 Å². The monoisotopic (exact) mass is 216 g/mol. The van der Waals surface area contributed by atoms with Gasteiger partial charge in [-0.25, -0.2) is 0 Å². The molecule has 5 heteroatoms. The zero-order chi connectivity index (χ0) is 11.7. The summed E-state index contributed by atoms with van der Waals surface area (Å²) in [5.74, 6) is -0.778. The Bertz CT molecular complexity index is 207. The molecule has 0 spiro atoms. The number of rotatable bonds is 7. The summed E-state index contributed by atoms with van der Waals surface area (Å²) >= 11 is 0. The number of carbonyl (C=O) groups is 2. The molecule has 88 valence electrons. The quantitative estimate of drug-likeness (QED) is 0.551. The molecule has 5 nitrogen and oxygen atoms in total. The van der Waals surface area contributed by atoms with E-state index in [9.17, 15) is 14.7 Å². The van der Waals surface area contributed by atoms with E-state index in [1.165, 1.54) is 0 Å². The van der Waals surface area contributed by atoms with Gasteiger partial charge in [0.2, 0.25) is 11.8 Å². The highest BCUT2D eigenvalue weighted by Crippen LogP contribution is 1.92. The van der Waals surface area contributed by atoms with E-state index in [-0.39, 0.29) is 12.3 Å². The van der Waals surface area contributed by atoms with Crippen LogP contribution < -0.4 is 10.6 Å². The van der Waals surface area contributed by atoms with Gasteiger partial charge in [0.25, 0.3) is 0 Å². The van der Waals surface area contributed by atoms with E-state index in [0.717, 1.165) is 12.8 Å². The third-order valence-corrected chi connectivity index (χ3v) is 1.80. The molecule has 3 N–H and O–H groups in total. The van der Waals surface area contributed by atoms with Crippen molar-refractivity contribution in [3.8, 4) is 0 Å². The van der Waals surface area contributed by atoms with Crippen molar-refractivity contribution >= 4 is 11.8 Å². The Kier molecular flexibility index (Phi) is 7.62. The second-order valence-corrected chi connectivity index (χ2v) is 3.36. The lowest BCUT2D eigenvalue weighted by Gasteiger charge is -2.10. The van der Waals surface area contributed by atoms with Crippen molar-refractivity contribution in [1.29, 1.82) is 0 Å². The van der Waals surface area contributed by atoms with Gasteiger partial charge in [-0.15, -0.1) is 0 Å². The van der Waals surface area contributed by atoms with Gasteiger partial charge in [-0.2, -0.15) is 0 Å². The lowest BCUT2D eigenvalue weighted by atomic mass is 10.2. The van der Waals surface area contributed by atoms with Gasteiger partial charge in [0.15, 0.2) is 0 Å². The van der Waals surface area contributed by atoms with Crippen molar-refractivity contribution in [2.45, 2.75) is 39.2 Å². The first-order valence-electron chi connectivity index (χ1n) is 5.34. The van der Waals surface area contributed by atoms with E-state index in [1.807, 2.05) is 13.8 Å². The molecule has 0 aliphatic rings. The summed E-state index contributed by atoms with van der Waals surface area (Å²) in [7, 11) is 0. The predicted molar refractivity (Wildman–Crippen MR) is 57.2 cm³/mol. The van der Waals surface area contributed by atoms with Crippen LogP contribution in [0.25, 0.3) is 0 Å². The van der Waals surface area contributed by atoms with Crippen LogP contribution in [0.2, 0.25) is 0 Å². The minimum absolute atomic E-state index is 0.171. The van der Waals surface area contributed by atoms with Crippen LogP contribution in [0.5, 0.6) is 0 Å². The van der Waals surface area contributed by atoms with E-state index in [0.29, 0.717) is 13.1 Å². The molecule has 0 bridgehead atoms. The molecule has 0 saturated heterocycles. The maximum absolute atomic E-state index is 11.2. The molecule has 0 rings (SSSR count). The summed E-state index contributed by atoms with van der Waals surface area (Å²) < 4.78 is 0. The van der Waals surface area contributed by atoms with Crippen LogP contribution >= 0.6 is 0 Å². The molecule has 0 unspecified atom stereocenters. The van der Waals surface area contributed by atoms with Gasteiger partial charge >= 0.3 is 0 Å². The number of hydrogen-bond acceptors (Lipinski definition) is 3. The summed E-state index contributed by atoms with van der Waals surface area (Å²) in [6, 6.07) is 0. The molecule has 0 heterocycles. The lowest BCUT2D eigenvalue weighted by Crippen LogP contribution is -2.38. The fourth-order valence-electron chi connectivity index (χ4n) is 0.971. The van der Waals surface area contributed by atoms with E-state index < -0.39 is 12.0 Å². The highest BCUT2D eigenvalue weighted by atomic mass is 16.3. The Morgan fingerprint density at radius 3 is 2.20 bits per heavy atom. The molecule has 0 aliphatic heterocycles. The Labute approximate surface area is 90.2 Å². The highest BCUT2D eigenvalue weighted by molar-refractivity contribution is 5.87. The van der Waals surface area contributed by atoms with Crippen LogP contribution in [0.3, 0.4) is 0 Å². The molecule has 2 amide bonds. The summed E-state index contributed by atoms with van der Waals surface area (Å²) in [6.45, 7) is 4.94. The van der Waals surface area contributed by atoms with Gasteiger partial charge in [0, 0.05) is 13.1 Å². The van der Waals surface area contributed by atoms with E-state index >= 15 is 0 Å². The second-order valence-electron chi connectivity index (χ2n) is 3.36. The first kappa shape index (κ1) is 13.9. The standard InChI is InChI=1S/C10H20N2O3/c1-3-5-11-9(14)7-8(13)10(15)12-6-4-2/h8,13H,3-7H2,1-2H3,(H,11,14)(H,12,15)/t8-/m0/s1. The number of nitrogens with one attached hydrogen (secondary N) is 2. The summed E-state index contributed by atoms with van der Waals surface area (Å²) in [6.07, 6.45) is 0.230. The summed E-state index contributed by atoms with van der Waals surface area (Å²) in [4.78, 5) is 22.3. The zero-order valence-electron chi connectivity index (χ0n) is 9.38. The molecular weight excluding hydrogens is 196 g/mol. The van der Waals surface area contributed by atoms with Gasteiger partial charge in [0.1, 0.15) is 6.10 Å². The van der Waals surface area contributed by atoms with Crippen molar-refractivity contribution in [3.63, 3.8) is 0 Å². The molecule has 15 heavy (non-hydrogen) atoms. The molecule has 0 fully saturated rings. The largest absolute Gasteiger partial charge is 0.383 e. The van der Waals surface area contributed by atoms with Crippen molar-refractivity contribution in [1.82, 2.24) is 10.6 Å². The Hall–Kier alpha value is -1.10. The molecular formula is C10H20N2O3. The first-order chi connectivity index (χ1) is 7.11. The third-order valence-electron chi connectivity index (χ3n) is 1.80. The summed E-state index contributed by atoms with van der Waals surface area (Å²) in [5, 5.41) is 14.5. The van der Waals surface area contributed by atoms with Crippen molar-refractivity contribution in [2.24, 2.45) is 0 Å². The van der Waals surface area contributed by atoms with Crippen LogP contribution in [0.15, 0.2) is 0 Å². The smallest absolute Gasteiger partial charge is 0.249 e. The molecule has 0 aromatic heterocycles. The van der Waals surface area contributed by atoms with Gasteiger partial charge in [0.05, 0.1) is 6.42 Å². The molecule has 1 atom stereocenters. The Balaban J connectivity index is 3.75. The van der Waals surface area contributed by atoms with Gasteiger partial charge in [-0.1, -0.05) is 13.8 Å². The highest BCUT2D eigenvalue weighted by Gasteiger charge is 2.17. The van der Waals surface area contributed by atoms with Gasteiger partial charge < -0.3 is 15.7 Å². The summed E-state index contributed by atoms with van der Waals surface area (Å²) in [5.41, 5.74) is 0. The van der Waals surface area contributed by atoms with Gasteiger partial charge in [-0.05, 0) is 12.8 Å². The number of carbonyl (C=O) groups excluding carboxylic acids is 2. The van der Waals surface area contributed by atoms with E-state index in [2.05, 4.69) is 10.6 Å². The van der Waals surface area contributed by atoms with Crippen LogP contribution in [-0.2, 0) is 9.59 Å². The maximum Gasteiger partial charge on any atom is 0.249 e. The minimum Gasteiger partial charge on any atom is -0.383 e. The molecule has 0 saturated carbocycles. The average molecular weight is 216 g/mol.